The molecule has 0 bridgehead atoms. The van der Waals surface area contributed by atoms with Crippen molar-refractivity contribution in [2.24, 2.45) is 0 Å². The van der Waals surface area contributed by atoms with Crippen LogP contribution in [0.3, 0.4) is 0 Å². The van der Waals surface area contributed by atoms with Gasteiger partial charge in [0.15, 0.2) is 0 Å². The van der Waals surface area contributed by atoms with E-state index in [1.807, 2.05) is 0 Å². The second-order valence-electron chi connectivity index (χ2n) is 3.70. The molecule has 18 heavy (non-hydrogen) atoms. The van der Waals surface area contributed by atoms with E-state index in [0.717, 1.165) is 11.1 Å². The lowest BCUT2D eigenvalue weighted by Crippen LogP contribution is -2.15. The molecule has 0 radical (unpaired) electrons. The number of terminal acetylenes is 2. The highest BCUT2D eigenvalue weighted by atomic mass is 16.5. The molecule has 4 heteroatoms. The molecule has 0 saturated carbocycles. The van der Waals surface area contributed by atoms with Gasteiger partial charge in [0, 0.05) is 23.9 Å². The monoisotopic (exact) mass is 244 g/mol. The molecule has 4 nitrogen and oxygen atoms in total. The van der Waals surface area contributed by atoms with Crippen LogP contribution in [0.25, 0.3) is 0 Å². The van der Waals surface area contributed by atoms with Gasteiger partial charge in [-0.15, -0.1) is 12.8 Å². The molecule has 0 aliphatic rings. The van der Waals surface area contributed by atoms with Gasteiger partial charge in [-0.05, 0) is 6.92 Å². The number of pyridine rings is 1. The van der Waals surface area contributed by atoms with Crippen molar-refractivity contribution < 1.29 is 9.84 Å². The Labute approximate surface area is 107 Å². The molecule has 1 aromatic rings. The second-order valence-corrected chi connectivity index (χ2v) is 3.70. The highest BCUT2D eigenvalue weighted by Crippen LogP contribution is 2.24. The highest BCUT2D eigenvalue weighted by Gasteiger charge is 2.11. The van der Waals surface area contributed by atoms with Crippen molar-refractivity contribution in [1.82, 2.24) is 10.3 Å². The first-order valence-electron chi connectivity index (χ1n) is 5.52. The maximum absolute atomic E-state index is 9.98. The maximum atomic E-state index is 9.98. The summed E-state index contributed by atoms with van der Waals surface area (Å²) in [4.78, 5) is 4.10. The standard InChI is InChI=1S/C14H16N2O2/c1-4-6-15-9-13-12(10-18-7-5-2)8-16-11(3)14(13)17/h1-2,8,15,17H,6-7,9-10H2,3H3. The topological polar surface area (TPSA) is 54.4 Å². The number of aromatic hydroxyl groups is 1. The van der Waals surface area contributed by atoms with Gasteiger partial charge in [-0.1, -0.05) is 11.8 Å². The summed E-state index contributed by atoms with van der Waals surface area (Å²) in [5, 5.41) is 13.0. The Morgan fingerprint density at radius 3 is 2.89 bits per heavy atom. The van der Waals surface area contributed by atoms with Crippen LogP contribution in [0, 0.1) is 31.6 Å². The van der Waals surface area contributed by atoms with E-state index in [1.54, 1.807) is 13.1 Å². The number of aryl methyl sites for hydroxylation is 1. The van der Waals surface area contributed by atoms with E-state index in [-0.39, 0.29) is 12.4 Å². The first-order chi connectivity index (χ1) is 8.70. The molecule has 2 N–H and O–H groups in total. The van der Waals surface area contributed by atoms with Crippen molar-refractivity contribution in [1.29, 1.82) is 0 Å². The van der Waals surface area contributed by atoms with Crippen molar-refractivity contribution >= 4 is 0 Å². The van der Waals surface area contributed by atoms with E-state index in [0.29, 0.717) is 25.4 Å². The minimum Gasteiger partial charge on any atom is -0.506 e. The Morgan fingerprint density at radius 2 is 2.22 bits per heavy atom. The van der Waals surface area contributed by atoms with Crippen molar-refractivity contribution in [3.8, 4) is 30.4 Å². The molecular weight excluding hydrogens is 228 g/mol. The molecule has 0 fully saturated rings. The number of nitrogens with one attached hydrogen (secondary N) is 1. The Kier molecular flexibility index (Phi) is 5.73. The third-order valence-corrected chi connectivity index (χ3v) is 2.40. The maximum Gasteiger partial charge on any atom is 0.141 e. The van der Waals surface area contributed by atoms with Gasteiger partial charge >= 0.3 is 0 Å². The van der Waals surface area contributed by atoms with Gasteiger partial charge in [0.1, 0.15) is 12.4 Å². The Balaban J connectivity index is 2.84. The van der Waals surface area contributed by atoms with Crippen LogP contribution in [0.2, 0.25) is 0 Å². The summed E-state index contributed by atoms with van der Waals surface area (Å²) in [5.41, 5.74) is 2.13. The van der Waals surface area contributed by atoms with Gasteiger partial charge < -0.3 is 15.2 Å². The van der Waals surface area contributed by atoms with Crippen molar-refractivity contribution in [2.75, 3.05) is 13.2 Å². The van der Waals surface area contributed by atoms with Crippen LogP contribution in [0.5, 0.6) is 5.75 Å². The summed E-state index contributed by atoms with van der Waals surface area (Å²) in [6.45, 7) is 3.19. The Morgan fingerprint density at radius 1 is 1.44 bits per heavy atom. The fourth-order valence-electron chi connectivity index (χ4n) is 1.49. The van der Waals surface area contributed by atoms with Gasteiger partial charge in [-0.2, -0.15) is 0 Å². The van der Waals surface area contributed by atoms with Crippen LogP contribution in [-0.4, -0.2) is 23.2 Å². The molecule has 0 aliphatic heterocycles. The average Bonchev–Trinajstić information content (AvgIpc) is 2.37. The summed E-state index contributed by atoms with van der Waals surface area (Å²) in [5.74, 6) is 5.03. The van der Waals surface area contributed by atoms with Crippen LogP contribution in [0.4, 0.5) is 0 Å². The van der Waals surface area contributed by atoms with Crippen LogP contribution in [0.1, 0.15) is 16.8 Å². The molecule has 0 unspecified atom stereocenters. The zero-order valence-electron chi connectivity index (χ0n) is 10.4. The van der Waals surface area contributed by atoms with Gasteiger partial charge in [-0.25, -0.2) is 0 Å². The molecule has 1 aromatic heterocycles. The lowest BCUT2D eigenvalue weighted by molar-refractivity contribution is 0.152. The molecule has 0 atom stereocenters. The van der Waals surface area contributed by atoms with Gasteiger partial charge in [0.25, 0.3) is 0 Å². The van der Waals surface area contributed by atoms with E-state index in [4.69, 9.17) is 17.6 Å². The molecule has 0 saturated heterocycles. The van der Waals surface area contributed by atoms with Gasteiger partial charge in [0.2, 0.25) is 0 Å². The third kappa shape index (κ3) is 3.78. The Bertz CT molecular complexity index is 484. The van der Waals surface area contributed by atoms with E-state index in [1.165, 1.54) is 0 Å². The predicted octanol–water partition coefficient (Wildman–Crippen LogP) is 0.968. The SMILES string of the molecule is C#CCNCc1c(COCC#C)cnc(C)c1O. The zero-order chi connectivity index (χ0) is 13.4. The molecule has 94 valence electrons. The highest BCUT2D eigenvalue weighted by molar-refractivity contribution is 5.40. The van der Waals surface area contributed by atoms with Crippen LogP contribution in [-0.2, 0) is 17.9 Å². The summed E-state index contributed by atoms with van der Waals surface area (Å²) in [6, 6.07) is 0. The van der Waals surface area contributed by atoms with Crippen molar-refractivity contribution in [3.05, 3.63) is 23.0 Å². The molecule has 1 rings (SSSR count). The van der Waals surface area contributed by atoms with Gasteiger partial charge in [-0.3, -0.25) is 4.98 Å². The first-order valence-corrected chi connectivity index (χ1v) is 5.52. The fourth-order valence-corrected chi connectivity index (χ4v) is 1.49. The minimum atomic E-state index is 0.168. The zero-order valence-corrected chi connectivity index (χ0v) is 10.4. The lowest BCUT2D eigenvalue weighted by atomic mass is 10.1. The summed E-state index contributed by atoms with van der Waals surface area (Å²) < 4.78 is 5.26. The normalized spacial score (nSPS) is 9.72. The van der Waals surface area contributed by atoms with E-state index < -0.39 is 0 Å². The minimum absolute atomic E-state index is 0.168. The number of aromatic nitrogens is 1. The molecule has 0 amide bonds. The summed E-state index contributed by atoms with van der Waals surface area (Å²) in [6.07, 6.45) is 12.0. The Hall–Kier alpha value is -2.01. The molecule has 0 aliphatic carbocycles. The molecular formula is C14H16N2O2. The summed E-state index contributed by atoms with van der Waals surface area (Å²) in [7, 11) is 0. The quantitative estimate of drug-likeness (QED) is 0.578. The number of nitrogens with zero attached hydrogens (tertiary/aromatic N) is 1. The largest absolute Gasteiger partial charge is 0.506 e. The summed E-state index contributed by atoms with van der Waals surface area (Å²) >= 11 is 0. The van der Waals surface area contributed by atoms with Crippen LogP contribution < -0.4 is 5.32 Å². The number of hydrogen-bond donors (Lipinski definition) is 2. The second kappa shape index (κ2) is 7.34. The average molecular weight is 244 g/mol. The predicted molar refractivity (Wildman–Crippen MR) is 69.7 cm³/mol. The fraction of sp³-hybridized carbons (Fsp3) is 0.357. The van der Waals surface area contributed by atoms with Gasteiger partial charge in [0.05, 0.1) is 18.8 Å². The van der Waals surface area contributed by atoms with E-state index in [9.17, 15) is 5.11 Å². The van der Waals surface area contributed by atoms with E-state index >= 15 is 0 Å². The molecule has 0 spiro atoms. The lowest BCUT2D eigenvalue weighted by Gasteiger charge is -2.12. The molecule has 0 aromatic carbocycles. The van der Waals surface area contributed by atoms with Crippen molar-refractivity contribution in [3.63, 3.8) is 0 Å². The first kappa shape index (κ1) is 14.1. The van der Waals surface area contributed by atoms with Crippen LogP contribution >= 0.6 is 0 Å². The smallest absolute Gasteiger partial charge is 0.141 e. The van der Waals surface area contributed by atoms with Crippen molar-refractivity contribution in [2.45, 2.75) is 20.1 Å². The van der Waals surface area contributed by atoms with Crippen LogP contribution in [0.15, 0.2) is 6.20 Å². The number of ether oxygens (including phenoxy) is 1. The molecule has 1 heterocycles. The third-order valence-electron chi connectivity index (χ3n) is 2.40. The van der Waals surface area contributed by atoms with E-state index in [2.05, 4.69) is 22.1 Å². The number of rotatable bonds is 6. The number of hydrogen-bond acceptors (Lipinski definition) is 4.